The highest BCUT2D eigenvalue weighted by Crippen LogP contribution is 2.29. The highest BCUT2D eigenvalue weighted by Gasteiger charge is 2.23. The van der Waals surface area contributed by atoms with E-state index in [1.54, 1.807) is 12.1 Å². The molecule has 0 saturated carbocycles. The molecule has 100 valence electrons. The molecule has 1 fully saturated rings. The summed E-state index contributed by atoms with van der Waals surface area (Å²) in [7, 11) is 4.24. The topological polar surface area (TPSA) is 6.48 Å². The summed E-state index contributed by atoms with van der Waals surface area (Å²) >= 11 is 3.44. The summed E-state index contributed by atoms with van der Waals surface area (Å²) in [5.41, 5.74) is 1.82. The monoisotopic (exact) mass is 314 g/mol. The molecule has 0 N–H and O–H groups in total. The van der Waals surface area contributed by atoms with Crippen molar-refractivity contribution in [3.8, 4) is 0 Å². The molecule has 0 atom stereocenters. The first-order chi connectivity index (χ1) is 8.63. The molecule has 0 unspecified atom stereocenters. The fraction of sp³-hybridized carbons (Fsp3) is 0.571. The van der Waals surface area contributed by atoms with Crippen LogP contribution in [-0.4, -0.2) is 38.1 Å². The fourth-order valence-corrected chi connectivity index (χ4v) is 3.08. The van der Waals surface area contributed by atoms with E-state index in [1.807, 2.05) is 6.07 Å². The van der Waals surface area contributed by atoms with E-state index in [2.05, 4.69) is 39.8 Å². The van der Waals surface area contributed by atoms with Crippen molar-refractivity contribution in [3.05, 3.63) is 29.6 Å². The molecular weight excluding hydrogens is 295 g/mol. The molecule has 0 aromatic heterocycles. The van der Waals surface area contributed by atoms with Crippen molar-refractivity contribution in [2.45, 2.75) is 24.2 Å². The van der Waals surface area contributed by atoms with Gasteiger partial charge in [0.25, 0.3) is 0 Å². The minimum Gasteiger partial charge on any atom is -0.369 e. The van der Waals surface area contributed by atoms with Crippen LogP contribution in [0.15, 0.2) is 18.2 Å². The highest BCUT2D eigenvalue weighted by atomic mass is 79.9. The quantitative estimate of drug-likeness (QED) is 0.790. The third kappa shape index (κ3) is 2.86. The second-order valence-electron chi connectivity index (χ2n) is 5.06. The minimum atomic E-state index is -0.102. The average Bonchev–Trinajstić information content (AvgIpc) is 2.38. The Morgan fingerprint density at radius 1 is 1.33 bits per heavy atom. The van der Waals surface area contributed by atoms with Gasteiger partial charge in [0.1, 0.15) is 5.82 Å². The van der Waals surface area contributed by atoms with Gasteiger partial charge < -0.3 is 9.80 Å². The molecule has 1 aromatic rings. The van der Waals surface area contributed by atoms with Crippen molar-refractivity contribution in [2.75, 3.05) is 32.1 Å². The third-order valence-electron chi connectivity index (χ3n) is 3.73. The van der Waals surface area contributed by atoms with E-state index in [4.69, 9.17) is 0 Å². The van der Waals surface area contributed by atoms with Crippen molar-refractivity contribution in [1.82, 2.24) is 4.90 Å². The van der Waals surface area contributed by atoms with Gasteiger partial charge in [-0.1, -0.05) is 28.1 Å². The SMILES string of the molecule is CN(C)C1CCN(c2c(F)cccc2CBr)CC1. The molecule has 18 heavy (non-hydrogen) atoms. The molecule has 1 heterocycles. The highest BCUT2D eigenvalue weighted by molar-refractivity contribution is 9.08. The second kappa shape index (κ2) is 6.02. The summed E-state index contributed by atoms with van der Waals surface area (Å²) in [4.78, 5) is 4.45. The zero-order chi connectivity index (χ0) is 13.1. The number of piperidine rings is 1. The van der Waals surface area contributed by atoms with Gasteiger partial charge in [0.05, 0.1) is 5.69 Å². The maximum absolute atomic E-state index is 14.0. The van der Waals surface area contributed by atoms with E-state index >= 15 is 0 Å². The Morgan fingerprint density at radius 2 is 2.00 bits per heavy atom. The number of nitrogens with zero attached hydrogens (tertiary/aromatic N) is 2. The van der Waals surface area contributed by atoms with E-state index < -0.39 is 0 Å². The first kappa shape index (κ1) is 13.8. The predicted molar refractivity (Wildman–Crippen MR) is 78.0 cm³/mol. The number of benzene rings is 1. The van der Waals surface area contributed by atoms with Gasteiger partial charge >= 0.3 is 0 Å². The zero-order valence-electron chi connectivity index (χ0n) is 11.0. The lowest BCUT2D eigenvalue weighted by molar-refractivity contribution is 0.249. The van der Waals surface area contributed by atoms with Gasteiger partial charge in [-0.25, -0.2) is 4.39 Å². The summed E-state index contributed by atoms with van der Waals surface area (Å²) in [6, 6.07) is 5.95. The Labute approximate surface area is 117 Å². The predicted octanol–water partition coefficient (Wildman–Crippen LogP) is 3.25. The van der Waals surface area contributed by atoms with Crippen LogP contribution in [0.3, 0.4) is 0 Å². The molecule has 1 aliphatic rings. The van der Waals surface area contributed by atoms with Crippen LogP contribution in [-0.2, 0) is 5.33 Å². The van der Waals surface area contributed by atoms with Gasteiger partial charge in [-0.05, 0) is 38.6 Å². The van der Waals surface area contributed by atoms with Crippen molar-refractivity contribution >= 4 is 21.6 Å². The average molecular weight is 315 g/mol. The lowest BCUT2D eigenvalue weighted by Crippen LogP contribution is -2.42. The molecule has 0 aliphatic carbocycles. The Bertz CT molecular complexity index is 401. The van der Waals surface area contributed by atoms with Crippen molar-refractivity contribution in [2.24, 2.45) is 0 Å². The molecule has 0 radical (unpaired) electrons. The fourth-order valence-electron chi connectivity index (χ4n) is 2.63. The molecule has 2 nitrogen and oxygen atoms in total. The van der Waals surface area contributed by atoms with Crippen molar-refractivity contribution in [3.63, 3.8) is 0 Å². The van der Waals surface area contributed by atoms with Gasteiger partial charge in [0.2, 0.25) is 0 Å². The van der Waals surface area contributed by atoms with Gasteiger partial charge in [-0.2, -0.15) is 0 Å². The van der Waals surface area contributed by atoms with Crippen LogP contribution in [0, 0.1) is 5.82 Å². The van der Waals surface area contributed by atoms with E-state index in [-0.39, 0.29) is 5.82 Å². The smallest absolute Gasteiger partial charge is 0.146 e. The summed E-state index contributed by atoms with van der Waals surface area (Å²) < 4.78 is 14.0. The van der Waals surface area contributed by atoms with Crippen LogP contribution in [0.1, 0.15) is 18.4 Å². The number of halogens is 2. The summed E-state index contributed by atoms with van der Waals surface area (Å²) in [6.45, 7) is 1.87. The van der Waals surface area contributed by atoms with Crippen molar-refractivity contribution in [1.29, 1.82) is 0 Å². The molecule has 1 saturated heterocycles. The minimum absolute atomic E-state index is 0.102. The van der Waals surface area contributed by atoms with Crippen LogP contribution in [0.5, 0.6) is 0 Å². The van der Waals surface area contributed by atoms with Crippen LogP contribution in [0.4, 0.5) is 10.1 Å². The molecule has 4 heteroatoms. The van der Waals surface area contributed by atoms with Crippen LogP contribution in [0.2, 0.25) is 0 Å². The van der Waals surface area contributed by atoms with Gasteiger partial charge in [-0.15, -0.1) is 0 Å². The number of rotatable bonds is 3. The normalized spacial score (nSPS) is 17.5. The van der Waals surface area contributed by atoms with Gasteiger partial charge in [0, 0.05) is 24.5 Å². The Kier molecular flexibility index (Phi) is 4.62. The van der Waals surface area contributed by atoms with E-state index in [1.165, 1.54) is 0 Å². The standard InChI is InChI=1S/C14H20BrFN2/c1-17(2)12-6-8-18(9-7-12)14-11(10-15)4-3-5-13(14)16/h3-5,12H,6-10H2,1-2H3. The number of hydrogen-bond donors (Lipinski definition) is 0. The Balaban J connectivity index is 2.14. The largest absolute Gasteiger partial charge is 0.369 e. The van der Waals surface area contributed by atoms with Crippen molar-refractivity contribution < 1.29 is 4.39 Å². The summed E-state index contributed by atoms with van der Waals surface area (Å²) in [5, 5.41) is 0.702. The van der Waals surface area contributed by atoms with Crippen LogP contribution in [0.25, 0.3) is 0 Å². The first-order valence-corrected chi connectivity index (χ1v) is 7.50. The molecule has 0 spiro atoms. The maximum atomic E-state index is 14.0. The molecular formula is C14H20BrFN2. The molecule has 2 rings (SSSR count). The Morgan fingerprint density at radius 3 is 2.56 bits per heavy atom. The molecule has 1 aliphatic heterocycles. The number of anilines is 1. The Hall–Kier alpha value is -0.610. The summed E-state index contributed by atoms with van der Waals surface area (Å²) in [5.74, 6) is -0.102. The van der Waals surface area contributed by atoms with Crippen LogP contribution >= 0.6 is 15.9 Å². The number of para-hydroxylation sites is 1. The zero-order valence-corrected chi connectivity index (χ0v) is 12.6. The van der Waals surface area contributed by atoms with E-state index in [0.29, 0.717) is 11.4 Å². The van der Waals surface area contributed by atoms with E-state index in [9.17, 15) is 4.39 Å². The van der Waals surface area contributed by atoms with Gasteiger partial charge in [-0.3, -0.25) is 0 Å². The number of alkyl halides is 1. The summed E-state index contributed by atoms with van der Waals surface area (Å²) in [6.07, 6.45) is 2.20. The number of hydrogen-bond acceptors (Lipinski definition) is 2. The lowest BCUT2D eigenvalue weighted by atomic mass is 10.0. The second-order valence-corrected chi connectivity index (χ2v) is 5.62. The first-order valence-electron chi connectivity index (χ1n) is 6.38. The molecule has 1 aromatic carbocycles. The van der Waals surface area contributed by atoms with Crippen LogP contribution < -0.4 is 4.90 Å². The maximum Gasteiger partial charge on any atom is 0.146 e. The third-order valence-corrected chi connectivity index (χ3v) is 4.33. The molecule has 0 bridgehead atoms. The van der Waals surface area contributed by atoms with Gasteiger partial charge in [0.15, 0.2) is 0 Å². The lowest BCUT2D eigenvalue weighted by Gasteiger charge is -2.37. The van der Waals surface area contributed by atoms with E-state index in [0.717, 1.165) is 37.2 Å². The molecule has 0 amide bonds.